The number of hydrogen-bond donors (Lipinski definition) is 2. The van der Waals surface area contributed by atoms with Gasteiger partial charge in [0.2, 0.25) is 0 Å². The van der Waals surface area contributed by atoms with Gasteiger partial charge in [-0.25, -0.2) is 0 Å². The van der Waals surface area contributed by atoms with Gasteiger partial charge in [-0.15, -0.1) is 0 Å². The van der Waals surface area contributed by atoms with Crippen molar-refractivity contribution in [2.24, 2.45) is 10.9 Å². The first-order valence-electron chi connectivity index (χ1n) is 9.14. The maximum atomic E-state index is 4.88. The standard InChI is InChI=1S/C17H32N4S/c1-3-18-17(19-11-14-6-8-22-9-7-14)20-15-10-13(2)21(12-15)16-4-5-16/h13-16H,3-12H2,1-2H3,(H2,18,19,20). The molecule has 1 aliphatic carbocycles. The predicted octanol–water partition coefficient (Wildman–Crippen LogP) is 2.31. The van der Waals surface area contributed by atoms with E-state index in [0.717, 1.165) is 37.1 Å². The van der Waals surface area contributed by atoms with E-state index in [9.17, 15) is 0 Å². The summed E-state index contributed by atoms with van der Waals surface area (Å²) in [5.74, 6) is 4.47. The normalized spacial score (nSPS) is 31.5. The number of likely N-dealkylation sites (tertiary alicyclic amines) is 1. The first kappa shape index (κ1) is 16.4. The summed E-state index contributed by atoms with van der Waals surface area (Å²) in [6, 6.07) is 2.17. The highest BCUT2D eigenvalue weighted by atomic mass is 32.2. The third kappa shape index (κ3) is 4.54. The Morgan fingerprint density at radius 3 is 2.68 bits per heavy atom. The van der Waals surface area contributed by atoms with Crippen molar-refractivity contribution < 1.29 is 0 Å². The third-order valence-electron chi connectivity index (χ3n) is 5.17. The number of nitrogens with one attached hydrogen (secondary N) is 2. The zero-order valence-corrected chi connectivity index (χ0v) is 15.0. The molecule has 0 amide bonds. The van der Waals surface area contributed by atoms with Crippen molar-refractivity contribution in [2.45, 2.75) is 64.1 Å². The van der Waals surface area contributed by atoms with E-state index in [1.165, 1.54) is 50.2 Å². The Morgan fingerprint density at radius 2 is 2.00 bits per heavy atom. The Kier molecular flexibility index (Phi) is 5.91. The molecule has 2 aliphatic heterocycles. The van der Waals surface area contributed by atoms with E-state index < -0.39 is 0 Å². The fourth-order valence-corrected chi connectivity index (χ4v) is 4.94. The monoisotopic (exact) mass is 324 g/mol. The zero-order chi connectivity index (χ0) is 15.4. The topological polar surface area (TPSA) is 39.7 Å². The fraction of sp³-hybridized carbons (Fsp3) is 0.941. The molecule has 1 saturated carbocycles. The molecule has 0 bridgehead atoms. The second-order valence-electron chi connectivity index (χ2n) is 7.13. The molecule has 126 valence electrons. The summed E-state index contributed by atoms with van der Waals surface area (Å²) >= 11 is 2.09. The molecule has 0 aromatic heterocycles. The highest BCUT2D eigenvalue weighted by Gasteiger charge is 2.38. The summed E-state index contributed by atoms with van der Waals surface area (Å²) in [7, 11) is 0. The van der Waals surface area contributed by atoms with Gasteiger partial charge in [0.15, 0.2) is 5.96 Å². The smallest absolute Gasteiger partial charge is 0.191 e. The van der Waals surface area contributed by atoms with E-state index >= 15 is 0 Å². The average Bonchev–Trinajstić information content (AvgIpc) is 3.30. The van der Waals surface area contributed by atoms with Crippen molar-refractivity contribution in [2.75, 3.05) is 31.1 Å². The van der Waals surface area contributed by atoms with Crippen molar-refractivity contribution in [3.8, 4) is 0 Å². The number of thioether (sulfide) groups is 1. The van der Waals surface area contributed by atoms with E-state index in [1.54, 1.807) is 0 Å². The highest BCUT2D eigenvalue weighted by Crippen LogP contribution is 2.33. The lowest BCUT2D eigenvalue weighted by atomic mass is 10.0. The molecule has 0 aromatic rings. The van der Waals surface area contributed by atoms with Crippen molar-refractivity contribution in [1.29, 1.82) is 0 Å². The van der Waals surface area contributed by atoms with Crippen LogP contribution >= 0.6 is 11.8 Å². The average molecular weight is 325 g/mol. The maximum Gasteiger partial charge on any atom is 0.191 e. The molecule has 2 heterocycles. The lowest BCUT2D eigenvalue weighted by Gasteiger charge is -2.22. The molecule has 2 unspecified atom stereocenters. The van der Waals surface area contributed by atoms with Crippen LogP contribution in [0.15, 0.2) is 4.99 Å². The Balaban J connectivity index is 1.49. The highest BCUT2D eigenvalue weighted by molar-refractivity contribution is 7.99. The van der Waals surface area contributed by atoms with Gasteiger partial charge in [-0.2, -0.15) is 11.8 Å². The van der Waals surface area contributed by atoms with Crippen molar-refractivity contribution >= 4 is 17.7 Å². The minimum atomic E-state index is 0.565. The molecule has 2 N–H and O–H groups in total. The van der Waals surface area contributed by atoms with Gasteiger partial charge >= 0.3 is 0 Å². The summed E-state index contributed by atoms with van der Waals surface area (Å²) in [6.07, 6.45) is 6.74. The molecular formula is C17H32N4S. The molecule has 22 heavy (non-hydrogen) atoms. The van der Waals surface area contributed by atoms with Gasteiger partial charge in [-0.3, -0.25) is 9.89 Å². The van der Waals surface area contributed by atoms with Gasteiger partial charge in [0.05, 0.1) is 0 Å². The van der Waals surface area contributed by atoms with Gasteiger partial charge in [0.25, 0.3) is 0 Å². The molecule has 0 spiro atoms. The van der Waals surface area contributed by atoms with Crippen molar-refractivity contribution in [3.63, 3.8) is 0 Å². The van der Waals surface area contributed by atoms with Crippen LogP contribution in [0.4, 0.5) is 0 Å². The minimum Gasteiger partial charge on any atom is -0.357 e. The molecule has 5 heteroatoms. The molecule has 0 aromatic carbocycles. The van der Waals surface area contributed by atoms with Crippen LogP contribution in [-0.4, -0.2) is 60.1 Å². The molecule has 3 fully saturated rings. The van der Waals surface area contributed by atoms with E-state index in [1.807, 2.05) is 0 Å². The fourth-order valence-electron chi connectivity index (χ4n) is 3.74. The van der Waals surface area contributed by atoms with E-state index in [-0.39, 0.29) is 0 Å². The number of rotatable bonds is 5. The van der Waals surface area contributed by atoms with Crippen molar-refractivity contribution in [1.82, 2.24) is 15.5 Å². The number of nitrogens with zero attached hydrogens (tertiary/aromatic N) is 2. The molecule has 3 aliphatic rings. The lowest BCUT2D eigenvalue weighted by molar-refractivity contribution is 0.256. The second kappa shape index (κ2) is 7.91. The Labute approximate surface area is 139 Å². The SMILES string of the molecule is CCNC(=NCC1CCSCC1)NC1CC(C)N(C2CC2)C1. The largest absolute Gasteiger partial charge is 0.357 e. The first-order chi connectivity index (χ1) is 10.8. The third-order valence-corrected chi connectivity index (χ3v) is 6.22. The second-order valence-corrected chi connectivity index (χ2v) is 8.35. The van der Waals surface area contributed by atoms with Crippen LogP contribution in [0, 0.1) is 5.92 Å². The van der Waals surface area contributed by atoms with Crippen LogP contribution in [0.1, 0.15) is 46.0 Å². The Morgan fingerprint density at radius 1 is 1.23 bits per heavy atom. The molecule has 2 saturated heterocycles. The molecule has 3 rings (SSSR count). The molecule has 0 radical (unpaired) electrons. The summed E-state index contributed by atoms with van der Waals surface area (Å²) in [5.41, 5.74) is 0. The van der Waals surface area contributed by atoms with Crippen LogP contribution in [0.5, 0.6) is 0 Å². The van der Waals surface area contributed by atoms with Gasteiger partial charge in [0.1, 0.15) is 0 Å². The van der Waals surface area contributed by atoms with Crippen LogP contribution < -0.4 is 10.6 Å². The van der Waals surface area contributed by atoms with Crippen LogP contribution in [0.2, 0.25) is 0 Å². The quantitative estimate of drug-likeness (QED) is 0.601. The maximum absolute atomic E-state index is 4.88. The van der Waals surface area contributed by atoms with E-state index in [0.29, 0.717) is 6.04 Å². The number of hydrogen-bond acceptors (Lipinski definition) is 3. The first-order valence-corrected chi connectivity index (χ1v) is 10.3. The van der Waals surface area contributed by atoms with Gasteiger partial charge in [-0.1, -0.05) is 0 Å². The summed E-state index contributed by atoms with van der Waals surface area (Å²) < 4.78 is 0. The predicted molar refractivity (Wildman–Crippen MR) is 96.8 cm³/mol. The van der Waals surface area contributed by atoms with Crippen LogP contribution in [0.3, 0.4) is 0 Å². The van der Waals surface area contributed by atoms with Crippen molar-refractivity contribution in [3.05, 3.63) is 0 Å². The summed E-state index contributed by atoms with van der Waals surface area (Å²) in [4.78, 5) is 7.57. The Hall–Kier alpha value is -0.420. The molecule has 4 nitrogen and oxygen atoms in total. The van der Waals surface area contributed by atoms with E-state index in [4.69, 9.17) is 4.99 Å². The van der Waals surface area contributed by atoms with Gasteiger partial charge in [0, 0.05) is 37.8 Å². The van der Waals surface area contributed by atoms with Gasteiger partial charge in [-0.05, 0) is 63.4 Å². The lowest BCUT2D eigenvalue weighted by Crippen LogP contribution is -2.45. The summed E-state index contributed by atoms with van der Waals surface area (Å²) in [6.45, 7) is 7.66. The number of guanidine groups is 1. The van der Waals surface area contributed by atoms with Gasteiger partial charge < -0.3 is 10.6 Å². The van der Waals surface area contributed by atoms with Crippen LogP contribution in [0.25, 0.3) is 0 Å². The Bertz CT molecular complexity index is 377. The molecular weight excluding hydrogens is 292 g/mol. The van der Waals surface area contributed by atoms with Crippen LogP contribution in [-0.2, 0) is 0 Å². The molecule has 2 atom stereocenters. The van der Waals surface area contributed by atoms with E-state index in [2.05, 4.69) is 41.1 Å². The zero-order valence-electron chi connectivity index (χ0n) is 14.2. The minimum absolute atomic E-state index is 0.565. The summed E-state index contributed by atoms with van der Waals surface area (Å²) in [5, 5.41) is 7.13. The number of aliphatic imine (C=N–C) groups is 1.